The van der Waals surface area contributed by atoms with Gasteiger partial charge in [0.15, 0.2) is 0 Å². The summed E-state index contributed by atoms with van der Waals surface area (Å²) in [4.78, 5) is 20.7. The molecule has 0 bridgehead atoms. The Morgan fingerprint density at radius 2 is 1.60 bits per heavy atom. The summed E-state index contributed by atoms with van der Waals surface area (Å²) in [6.45, 7) is -0.680. The van der Waals surface area contributed by atoms with Crippen LogP contribution in [0.25, 0.3) is 0 Å². The minimum absolute atomic E-state index is 0.374. The van der Waals surface area contributed by atoms with Crippen LogP contribution in [0, 0.1) is 0 Å². The van der Waals surface area contributed by atoms with Crippen LogP contribution in [0.3, 0.4) is 0 Å². The van der Waals surface area contributed by atoms with Crippen molar-refractivity contribution in [1.82, 2.24) is 0 Å². The average Bonchev–Trinajstić information content (AvgIpc) is 2.15. The van der Waals surface area contributed by atoms with E-state index in [1.54, 1.807) is 0 Å². The molecule has 0 saturated carbocycles. The monoisotopic (exact) mass is 222 g/mol. The lowest BCUT2D eigenvalue weighted by atomic mass is 10.0. The molecule has 15 heavy (non-hydrogen) atoms. The summed E-state index contributed by atoms with van der Waals surface area (Å²) < 4.78 is 0. The van der Waals surface area contributed by atoms with Gasteiger partial charge in [0.05, 0.1) is 18.8 Å². The summed E-state index contributed by atoms with van der Waals surface area (Å²) in [6.07, 6.45) is -5.18. The number of hydrogen-bond donors (Lipinski definition) is 5. The van der Waals surface area contributed by atoms with Crippen LogP contribution in [0.15, 0.2) is 0 Å². The lowest BCUT2D eigenvalue weighted by Gasteiger charge is -2.18. The van der Waals surface area contributed by atoms with Gasteiger partial charge in [0.1, 0.15) is 6.10 Å². The number of Topliss-reactive ketones (excluding diaryl/α,β-unsaturated/α-hetero) is 1. The van der Waals surface area contributed by atoms with Crippen molar-refractivity contribution < 1.29 is 35.1 Å². The van der Waals surface area contributed by atoms with Crippen molar-refractivity contribution in [1.29, 1.82) is 0 Å². The molecule has 0 aliphatic carbocycles. The van der Waals surface area contributed by atoms with Gasteiger partial charge >= 0.3 is 5.97 Å². The van der Waals surface area contributed by atoms with Crippen molar-refractivity contribution in [2.45, 2.75) is 31.2 Å². The van der Waals surface area contributed by atoms with Crippen LogP contribution >= 0.6 is 0 Å². The number of rotatable bonds is 7. The molecule has 0 radical (unpaired) electrons. The molecule has 0 heterocycles. The fraction of sp³-hybridized carbons (Fsp3) is 0.750. The number of aliphatic hydroxyl groups is 4. The van der Waals surface area contributed by atoms with Crippen LogP contribution in [-0.4, -0.2) is 62.2 Å². The van der Waals surface area contributed by atoms with Crippen molar-refractivity contribution in [2.24, 2.45) is 0 Å². The Kier molecular flexibility index (Phi) is 6.02. The van der Waals surface area contributed by atoms with Crippen molar-refractivity contribution in [3.8, 4) is 0 Å². The van der Waals surface area contributed by atoms with Gasteiger partial charge in [-0.2, -0.15) is 0 Å². The number of ketones is 1. The zero-order chi connectivity index (χ0) is 12.0. The molecule has 0 amide bonds. The molecule has 3 unspecified atom stereocenters. The topological polar surface area (TPSA) is 135 Å². The summed E-state index contributed by atoms with van der Waals surface area (Å²) in [6, 6.07) is 0. The van der Waals surface area contributed by atoms with E-state index in [0.717, 1.165) is 0 Å². The maximum atomic E-state index is 10.6. The molecule has 0 spiro atoms. The van der Waals surface area contributed by atoms with Crippen LogP contribution < -0.4 is 0 Å². The Labute approximate surface area is 85.6 Å². The predicted octanol–water partition coefficient (Wildman–Crippen LogP) is -2.50. The minimum Gasteiger partial charge on any atom is -0.475 e. The molecule has 3 atom stereocenters. The highest BCUT2D eigenvalue weighted by Gasteiger charge is 2.23. The highest BCUT2D eigenvalue weighted by atomic mass is 16.4. The van der Waals surface area contributed by atoms with Crippen LogP contribution in [0.4, 0.5) is 0 Å². The van der Waals surface area contributed by atoms with Crippen molar-refractivity contribution in [3.05, 3.63) is 0 Å². The number of carbonyl (C=O) groups excluding carboxylic acids is 1. The first-order valence-corrected chi connectivity index (χ1v) is 4.29. The second kappa shape index (κ2) is 6.46. The molecule has 0 aromatic carbocycles. The molecular formula is C8H14O7. The van der Waals surface area contributed by atoms with Gasteiger partial charge in [0.2, 0.25) is 5.78 Å². The molecule has 0 aromatic rings. The third-order valence-electron chi connectivity index (χ3n) is 1.80. The molecule has 0 aromatic heterocycles. The Morgan fingerprint density at radius 3 is 2.00 bits per heavy atom. The fourth-order valence-electron chi connectivity index (χ4n) is 0.942. The largest absolute Gasteiger partial charge is 0.475 e. The van der Waals surface area contributed by atoms with Gasteiger partial charge in [-0.05, 0) is 0 Å². The van der Waals surface area contributed by atoms with E-state index in [1.165, 1.54) is 0 Å². The van der Waals surface area contributed by atoms with Crippen molar-refractivity contribution in [2.75, 3.05) is 6.61 Å². The van der Waals surface area contributed by atoms with Gasteiger partial charge < -0.3 is 25.5 Å². The Bertz CT molecular complexity index is 227. The quantitative estimate of drug-likeness (QED) is 0.300. The highest BCUT2D eigenvalue weighted by molar-refractivity contribution is 6.32. The Hall–Kier alpha value is -1.02. The average molecular weight is 222 g/mol. The number of carbonyl (C=O) groups is 2. The lowest BCUT2D eigenvalue weighted by molar-refractivity contribution is -0.150. The van der Waals surface area contributed by atoms with E-state index < -0.39 is 43.1 Å². The van der Waals surface area contributed by atoms with Gasteiger partial charge in [-0.25, -0.2) is 4.79 Å². The van der Waals surface area contributed by atoms with E-state index in [2.05, 4.69) is 0 Å². The molecule has 88 valence electrons. The standard InChI is InChI=1S/C8H14O7/c9-3-7(13)5(11)1-4(10)2-6(12)8(14)15/h4-5,7,9-11,13H,1-3H2,(H,14,15). The maximum absolute atomic E-state index is 10.6. The molecule has 0 rings (SSSR count). The van der Waals surface area contributed by atoms with Gasteiger partial charge in [0, 0.05) is 12.8 Å². The molecule has 7 heteroatoms. The highest BCUT2D eigenvalue weighted by Crippen LogP contribution is 2.06. The first-order valence-electron chi connectivity index (χ1n) is 4.29. The van der Waals surface area contributed by atoms with Crippen LogP contribution in [-0.2, 0) is 9.59 Å². The Morgan fingerprint density at radius 1 is 1.07 bits per heavy atom. The molecule has 0 aliphatic heterocycles. The third-order valence-corrected chi connectivity index (χ3v) is 1.80. The normalized spacial score (nSPS) is 16.8. The van der Waals surface area contributed by atoms with E-state index >= 15 is 0 Å². The lowest BCUT2D eigenvalue weighted by Crippen LogP contribution is -2.33. The number of carboxylic acids is 1. The molecule has 0 aliphatic rings. The Balaban J connectivity index is 3.98. The molecular weight excluding hydrogens is 208 g/mol. The van der Waals surface area contributed by atoms with E-state index in [4.69, 9.17) is 25.5 Å². The SMILES string of the molecule is O=C(O)C(=O)CC(O)CC(O)C(O)CO. The second-order valence-corrected chi connectivity index (χ2v) is 3.14. The summed E-state index contributed by atoms with van der Waals surface area (Å²) in [5.74, 6) is -2.83. The number of aliphatic hydroxyl groups excluding tert-OH is 4. The van der Waals surface area contributed by atoms with E-state index in [9.17, 15) is 9.59 Å². The van der Waals surface area contributed by atoms with E-state index in [-0.39, 0.29) is 6.42 Å². The fourth-order valence-corrected chi connectivity index (χ4v) is 0.942. The maximum Gasteiger partial charge on any atom is 0.372 e. The zero-order valence-electron chi connectivity index (χ0n) is 7.91. The second-order valence-electron chi connectivity index (χ2n) is 3.14. The summed E-state index contributed by atoms with van der Waals surface area (Å²) in [5, 5.41) is 43.8. The van der Waals surface area contributed by atoms with Crippen LogP contribution in [0.2, 0.25) is 0 Å². The number of aliphatic carboxylic acids is 1. The van der Waals surface area contributed by atoms with Gasteiger partial charge in [-0.1, -0.05) is 0 Å². The van der Waals surface area contributed by atoms with Crippen molar-refractivity contribution in [3.63, 3.8) is 0 Å². The zero-order valence-corrected chi connectivity index (χ0v) is 7.91. The van der Waals surface area contributed by atoms with E-state index in [1.807, 2.05) is 0 Å². The molecule has 0 saturated heterocycles. The van der Waals surface area contributed by atoms with Crippen LogP contribution in [0.1, 0.15) is 12.8 Å². The van der Waals surface area contributed by atoms with Gasteiger partial charge in [-0.15, -0.1) is 0 Å². The molecule has 0 fully saturated rings. The summed E-state index contributed by atoms with van der Waals surface area (Å²) in [5.41, 5.74) is 0. The molecule has 7 nitrogen and oxygen atoms in total. The first kappa shape index (κ1) is 14.0. The van der Waals surface area contributed by atoms with Gasteiger partial charge in [0.25, 0.3) is 0 Å². The summed E-state index contributed by atoms with van der Waals surface area (Å²) >= 11 is 0. The van der Waals surface area contributed by atoms with Crippen LogP contribution in [0.5, 0.6) is 0 Å². The molecule has 5 N–H and O–H groups in total. The number of carboxylic acid groups (broad SMARTS) is 1. The summed E-state index contributed by atoms with van der Waals surface area (Å²) in [7, 11) is 0. The van der Waals surface area contributed by atoms with Gasteiger partial charge in [-0.3, -0.25) is 4.79 Å². The first-order chi connectivity index (χ1) is 6.88. The third kappa shape index (κ3) is 5.43. The predicted molar refractivity (Wildman–Crippen MR) is 47.0 cm³/mol. The van der Waals surface area contributed by atoms with E-state index in [0.29, 0.717) is 0 Å². The minimum atomic E-state index is -1.66. The smallest absolute Gasteiger partial charge is 0.372 e. The van der Waals surface area contributed by atoms with Crippen molar-refractivity contribution >= 4 is 11.8 Å². The number of hydrogen-bond acceptors (Lipinski definition) is 6.